The van der Waals surface area contributed by atoms with E-state index in [4.69, 9.17) is 19.8 Å². The summed E-state index contributed by atoms with van der Waals surface area (Å²) in [5.74, 6) is -2.17. The summed E-state index contributed by atoms with van der Waals surface area (Å²) in [6, 6.07) is 0. The number of carbonyl (C=O) groups is 2. The molecule has 0 heterocycles. The average molecular weight is 306 g/mol. The van der Waals surface area contributed by atoms with Crippen LogP contribution in [0.3, 0.4) is 0 Å². The molecule has 0 unspecified atom stereocenters. The number of aliphatic carboxylic acids is 2. The van der Waals surface area contributed by atoms with Gasteiger partial charge < -0.3 is 44.6 Å². The predicted molar refractivity (Wildman–Crippen MR) is 21.4 cm³/mol. The van der Waals surface area contributed by atoms with Gasteiger partial charge in [0, 0.05) is 11.9 Å². The molecule has 0 saturated heterocycles. The molecule has 0 fully saturated rings. The molecule has 0 saturated carbocycles. The van der Waals surface area contributed by atoms with Crippen LogP contribution in [0.2, 0.25) is 0 Å². The maximum absolute atomic E-state index is 8.89. The number of carboxylic acids is 2. The summed E-state index contributed by atoms with van der Waals surface area (Å²) in [4.78, 5) is 17.8. The Balaban J connectivity index is -0.0000000112. The van der Waals surface area contributed by atoms with Crippen LogP contribution in [0.5, 0.6) is 0 Å². The molecule has 0 aromatic rings. The predicted octanol–water partition coefficient (Wildman–Crippen LogP) is -8.48. The van der Waals surface area contributed by atoms with Crippen LogP contribution in [0.1, 0.15) is 13.8 Å². The molecule has 0 aliphatic heterocycles. The molecule has 0 aliphatic carbocycles. The second kappa shape index (κ2) is 30.0. The van der Waals surface area contributed by atoms with Crippen LogP contribution in [0.4, 0.5) is 0 Å². The minimum absolute atomic E-state index is 0. The molecule has 0 aliphatic rings. The first kappa shape index (κ1) is 39.1. The van der Waals surface area contributed by atoms with Gasteiger partial charge >= 0.3 is 33.0 Å². The summed E-state index contributed by atoms with van der Waals surface area (Å²) in [7, 11) is 0. The second-order valence-corrected chi connectivity index (χ2v) is 0.983. The Morgan fingerprint density at radius 3 is 0.833 bits per heavy atom. The Hall–Kier alpha value is 0.507. The van der Waals surface area contributed by atoms with E-state index in [1.165, 1.54) is 0 Å². The fraction of sp³-hybridized carbons (Fsp3) is 0.500. The van der Waals surface area contributed by atoms with E-state index in [-0.39, 0.29) is 57.8 Å². The molecular formula is C4H6Cl2Ni2O4. The SMILES string of the molecule is CC(=O)[O-].CC(=O)[O-].[Cl-].[Cl-].[Ni+2].[Ni+2]. The van der Waals surface area contributed by atoms with Gasteiger partial charge in [-0.05, 0) is 13.8 Å². The van der Waals surface area contributed by atoms with Gasteiger partial charge in [-0.1, -0.05) is 0 Å². The van der Waals surface area contributed by atoms with Gasteiger partial charge in [-0.15, -0.1) is 0 Å². The van der Waals surface area contributed by atoms with E-state index in [1.807, 2.05) is 0 Å². The normalized spacial score (nSPS) is 4.17. The Morgan fingerprint density at radius 2 is 0.833 bits per heavy atom. The third kappa shape index (κ3) is 3690. The zero-order valence-corrected chi connectivity index (χ0v) is 9.51. The first-order valence-electron chi connectivity index (χ1n) is 1.82. The van der Waals surface area contributed by atoms with Crippen molar-refractivity contribution in [3.05, 3.63) is 0 Å². The first-order chi connectivity index (χ1) is 3.46. The smallest absolute Gasteiger partial charge is 1.00 e. The van der Waals surface area contributed by atoms with Gasteiger partial charge in [0.25, 0.3) is 0 Å². The Kier molecular flexibility index (Phi) is 97.8. The van der Waals surface area contributed by atoms with Gasteiger partial charge in [0.2, 0.25) is 0 Å². The number of carboxylic acid groups (broad SMARTS) is 2. The van der Waals surface area contributed by atoms with E-state index in [1.54, 1.807) is 0 Å². The maximum atomic E-state index is 8.89. The molecule has 80 valence electrons. The molecule has 12 heavy (non-hydrogen) atoms. The topological polar surface area (TPSA) is 80.3 Å². The maximum Gasteiger partial charge on any atom is 2.00 e. The fourth-order valence-corrected chi connectivity index (χ4v) is 0. The minimum Gasteiger partial charge on any atom is -1.00 e. The number of halogens is 2. The fourth-order valence-electron chi connectivity index (χ4n) is 0. The summed E-state index contributed by atoms with van der Waals surface area (Å²) in [6.07, 6.45) is 0. The van der Waals surface area contributed by atoms with E-state index in [0.29, 0.717) is 0 Å². The van der Waals surface area contributed by atoms with Crippen LogP contribution < -0.4 is 35.0 Å². The van der Waals surface area contributed by atoms with Crippen molar-refractivity contribution in [2.24, 2.45) is 0 Å². The van der Waals surface area contributed by atoms with Crippen LogP contribution >= 0.6 is 0 Å². The number of rotatable bonds is 0. The van der Waals surface area contributed by atoms with Crippen molar-refractivity contribution in [2.45, 2.75) is 13.8 Å². The van der Waals surface area contributed by atoms with Crippen LogP contribution in [0.25, 0.3) is 0 Å². The molecule has 0 N–H and O–H groups in total. The van der Waals surface area contributed by atoms with Crippen molar-refractivity contribution in [1.29, 1.82) is 0 Å². The van der Waals surface area contributed by atoms with Gasteiger partial charge in [0.1, 0.15) is 0 Å². The van der Waals surface area contributed by atoms with Crippen LogP contribution in [0, 0.1) is 0 Å². The third-order valence-corrected chi connectivity index (χ3v) is 0. The summed E-state index contributed by atoms with van der Waals surface area (Å²) >= 11 is 0. The van der Waals surface area contributed by atoms with E-state index < -0.39 is 11.9 Å². The number of carbonyl (C=O) groups excluding carboxylic acids is 2. The summed E-state index contributed by atoms with van der Waals surface area (Å²) in [5.41, 5.74) is 0. The number of hydrogen-bond donors (Lipinski definition) is 0. The van der Waals surface area contributed by atoms with Gasteiger partial charge in [-0.2, -0.15) is 0 Å². The zero-order chi connectivity index (χ0) is 7.15. The van der Waals surface area contributed by atoms with Crippen molar-refractivity contribution in [2.75, 3.05) is 0 Å². The van der Waals surface area contributed by atoms with Crippen molar-refractivity contribution in [3.8, 4) is 0 Å². The summed E-state index contributed by atoms with van der Waals surface area (Å²) < 4.78 is 0. The van der Waals surface area contributed by atoms with Gasteiger partial charge in [-0.25, -0.2) is 0 Å². The Bertz CT molecular complexity index is 81.1. The Labute approximate surface area is 103 Å². The van der Waals surface area contributed by atoms with E-state index in [9.17, 15) is 0 Å². The molecule has 0 radical (unpaired) electrons. The standard InChI is InChI=1S/2C2H4O2.2ClH.2Ni/c2*1-2(3)4;;;;/h2*1H3,(H,3,4);2*1H;;/q;;;;2*+2/p-4. The number of hydrogen-bond acceptors (Lipinski definition) is 4. The molecule has 8 heteroatoms. The molecule has 0 atom stereocenters. The zero-order valence-electron chi connectivity index (χ0n) is 6.02. The average Bonchev–Trinajstić information content (AvgIpc) is 1.25. The van der Waals surface area contributed by atoms with Crippen molar-refractivity contribution < 1.29 is 77.6 Å². The molecule has 0 rings (SSSR count). The van der Waals surface area contributed by atoms with E-state index in [0.717, 1.165) is 13.8 Å². The van der Waals surface area contributed by atoms with Crippen LogP contribution in [0.15, 0.2) is 0 Å². The monoisotopic (exact) mass is 304 g/mol. The minimum atomic E-state index is -1.08. The van der Waals surface area contributed by atoms with Crippen LogP contribution in [-0.2, 0) is 42.6 Å². The van der Waals surface area contributed by atoms with Gasteiger partial charge in [0.15, 0.2) is 0 Å². The molecule has 0 aromatic heterocycles. The second-order valence-electron chi connectivity index (χ2n) is 0.983. The van der Waals surface area contributed by atoms with Crippen LogP contribution in [-0.4, -0.2) is 11.9 Å². The van der Waals surface area contributed by atoms with E-state index in [2.05, 4.69) is 0 Å². The largest absolute Gasteiger partial charge is 2.00 e. The first-order valence-corrected chi connectivity index (χ1v) is 1.82. The van der Waals surface area contributed by atoms with Gasteiger partial charge in [0.05, 0.1) is 0 Å². The molecular weight excluding hydrogens is 300 g/mol. The van der Waals surface area contributed by atoms with Crippen molar-refractivity contribution in [1.82, 2.24) is 0 Å². The molecule has 0 bridgehead atoms. The van der Waals surface area contributed by atoms with E-state index >= 15 is 0 Å². The summed E-state index contributed by atoms with van der Waals surface area (Å²) in [6.45, 7) is 1.94. The molecule has 0 spiro atoms. The molecule has 4 nitrogen and oxygen atoms in total. The quantitative estimate of drug-likeness (QED) is 0.416. The van der Waals surface area contributed by atoms with Crippen molar-refractivity contribution >= 4 is 11.9 Å². The molecule has 0 amide bonds. The van der Waals surface area contributed by atoms with Gasteiger partial charge in [-0.3, -0.25) is 0 Å². The third-order valence-electron chi connectivity index (χ3n) is 0. The summed E-state index contributed by atoms with van der Waals surface area (Å²) in [5, 5.41) is 17.8. The molecule has 0 aromatic carbocycles. The van der Waals surface area contributed by atoms with Crippen molar-refractivity contribution in [3.63, 3.8) is 0 Å². The Morgan fingerprint density at radius 1 is 0.833 bits per heavy atom.